The molecule has 1 amide bonds. The van der Waals surface area contributed by atoms with Gasteiger partial charge in [-0.1, -0.05) is 43.3 Å². The van der Waals surface area contributed by atoms with Gasteiger partial charge in [-0.25, -0.2) is 0 Å². The molecule has 116 valence electrons. The minimum absolute atomic E-state index is 0.124. The zero-order valence-corrected chi connectivity index (χ0v) is 13.3. The van der Waals surface area contributed by atoms with E-state index in [9.17, 15) is 4.79 Å². The van der Waals surface area contributed by atoms with Gasteiger partial charge in [-0.05, 0) is 36.6 Å². The molecular weight excluding hydrogens is 284 g/mol. The first-order valence-electron chi connectivity index (χ1n) is 8.25. The molecule has 0 spiro atoms. The van der Waals surface area contributed by atoms with Crippen molar-refractivity contribution in [2.45, 2.75) is 25.8 Å². The highest BCUT2D eigenvalue weighted by atomic mass is 16.2. The molecule has 1 unspecified atom stereocenters. The Kier molecular flexibility index (Phi) is 3.41. The molecule has 0 bridgehead atoms. The highest BCUT2D eigenvalue weighted by Gasteiger charge is 2.32. The molecule has 3 aromatic rings. The number of nitrogens with zero attached hydrogens (tertiary/aromatic N) is 1. The average molecular weight is 304 g/mol. The van der Waals surface area contributed by atoms with Gasteiger partial charge in [0.2, 0.25) is 0 Å². The van der Waals surface area contributed by atoms with E-state index >= 15 is 0 Å². The van der Waals surface area contributed by atoms with E-state index in [0.29, 0.717) is 0 Å². The Hall–Kier alpha value is -2.55. The third kappa shape index (κ3) is 2.24. The van der Waals surface area contributed by atoms with Crippen molar-refractivity contribution in [1.29, 1.82) is 0 Å². The number of benzene rings is 2. The number of fused-ring (bicyclic) bond motifs is 3. The van der Waals surface area contributed by atoms with E-state index in [0.717, 1.165) is 24.9 Å². The molecule has 0 fully saturated rings. The van der Waals surface area contributed by atoms with E-state index in [-0.39, 0.29) is 11.9 Å². The van der Waals surface area contributed by atoms with E-state index in [1.807, 2.05) is 35.2 Å². The number of aromatic nitrogens is 1. The lowest BCUT2D eigenvalue weighted by Crippen LogP contribution is -2.39. The summed E-state index contributed by atoms with van der Waals surface area (Å²) in [6, 6.07) is 18.1. The standard InChI is InChI=1S/C20H20N2O/c1-2-18-19-16(15-10-6-7-11-17(15)21-19)12-13-22(18)20(23)14-8-4-3-5-9-14/h3-11,18,21H,2,12-13H2,1H3. The number of hydrogen-bond acceptors (Lipinski definition) is 1. The zero-order valence-electron chi connectivity index (χ0n) is 13.3. The summed E-state index contributed by atoms with van der Waals surface area (Å²) in [5.41, 5.74) is 4.53. The van der Waals surface area contributed by atoms with Crippen LogP contribution in [-0.4, -0.2) is 22.3 Å². The number of nitrogens with one attached hydrogen (secondary N) is 1. The highest BCUT2D eigenvalue weighted by molar-refractivity contribution is 5.95. The van der Waals surface area contributed by atoms with Gasteiger partial charge in [0, 0.05) is 28.7 Å². The van der Waals surface area contributed by atoms with E-state index in [2.05, 4.69) is 36.2 Å². The monoisotopic (exact) mass is 304 g/mol. The van der Waals surface area contributed by atoms with Crippen LogP contribution in [0.1, 0.15) is 41.0 Å². The van der Waals surface area contributed by atoms with Crippen LogP contribution in [0.25, 0.3) is 10.9 Å². The number of para-hydroxylation sites is 1. The van der Waals surface area contributed by atoms with Crippen LogP contribution >= 0.6 is 0 Å². The fourth-order valence-corrected chi connectivity index (χ4v) is 3.73. The van der Waals surface area contributed by atoms with Crippen LogP contribution in [0.15, 0.2) is 54.6 Å². The van der Waals surface area contributed by atoms with Crippen molar-refractivity contribution in [3.05, 3.63) is 71.4 Å². The zero-order chi connectivity index (χ0) is 15.8. The smallest absolute Gasteiger partial charge is 0.254 e. The Labute approximate surface area is 135 Å². The number of aromatic amines is 1. The fourth-order valence-electron chi connectivity index (χ4n) is 3.73. The average Bonchev–Trinajstić information content (AvgIpc) is 2.99. The van der Waals surface area contributed by atoms with Gasteiger partial charge in [0.05, 0.1) is 6.04 Å². The van der Waals surface area contributed by atoms with E-state index < -0.39 is 0 Å². The number of amides is 1. The number of carbonyl (C=O) groups excluding carboxylic acids is 1. The molecule has 1 atom stereocenters. The predicted octanol–water partition coefficient (Wildman–Crippen LogP) is 4.32. The molecule has 3 heteroatoms. The number of H-pyrrole nitrogens is 1. The van der Waals surface area contributed by atoms with E-state index in [1.165, 1.54) is 22.2 Å². The predicted molar refractivity (Wildman–Crippen MR) is 92.5 cm³/mol. The molecule has 0 saturated heterocycles. The van der Waals surface area contributed by atoms with Crippen LogP contribution in [0.3, 0.4) is 0 Å². The summed E-state index contributed by atoms with van der Waals surface area (Å²) in [6.45, 7) is 2.93. The first-order chi connectivity index (χ1) is 11.3. The molecule has 2 aromatic carbocycles. The lowest BCUT2D eigenvalue weighted by molar-refractivity contribution is 0.0652. The Morgan fingerprint density at radius 3 is 2.65 bits per heavy atom. The molecule has 0 saturated carbocycles. The molecule has 2 heterocycles. The largest absolute Gasteiger partial charge is 0.356 e. The van der Waals surface area contributed by atoms with E-state index in [4.69, 9.17) is 0 Å². The third-order valence-electron chi connectivity index (χ3n) is 4.83. The summed E-state index contributed by atoms with van der Waals surface area (Å²) in [4.78, 5) is 18.5. The summed E-state index contributed by atoms with van der Waals surface area (Å²) in [5.74, 6) is 0.127. The number of rotatable bonds is 2. The van der Waals surface area contributed by atoms with Crippen LogP contribution in [0, 0.1) is 0 Å². The van der Waals surface area contributed by atoms with Crippen molar-refractivity contribution in [3.63, 3.8) is 0 Å². The minimum atomic E-state index is 0.124. The van der Waals surface area contributed by atoms with Crippen molar-refractivity contribution in [1.82, 2.24) is 9.88 Å². The Morgan fingerprint density at radius 1 is 1.13 bits per heavy atom. The van der Waals surface area contributed by atoms with Crippen LogP contribution in [0.5, 0.6) is 0 Å². The molecule has 1 aliphatic heterocycles. The lowest BCUT2D eigenvalue weighted by Gasteiger charge is -2.35. The quantitative estimate of drug-likeness (QED) is 0.752. The molecule has 1 N–H and O–H groups in total. The summed E-state index contributed by atoms with van der Waals surface area (Å²) in [6.07, 6.45) is 1.83. The normalized spacial score (nSPS) is 17.3. The van der Waals surface area contributed by atoms with Gasteiger partial charge in [-0.2, -0.15) is 0 Å². The van der Waals surface area contributed by atoms with Crippen LogP contribution in [-0.2, 0) is 6.42 Å². The van der Waals surface area contributed by atoms with Gasteiger partial charge in [-0.15, -0.1) is 0 Å². The Morgan fingerprint density at radius 2 is 1.87 bits per heavy atom. The van der Waals surface area contributed by atoms with E-state index in [1.54, 1.807) is 0 Å². The summed E-state index contributed by atoms with van der Waals surface area (Å²) < 4.78 is 0. The summed E-state index contributed by atoms with van der Waals surface area (Å²) in [7, 11) is 0. The second-order valence-corrected chi connectivity index (χ2v) is 6.10. The van der Waals surface area contributed by atoms with Crippen molar-refractivity contribution in [2.24, 2.45) is 0 Å². The number of hydrogen-bond donors (Lipinski definition) is 1. The molecule has 1 aliphatic rings. The minimum Gasteiger partial charge on any atom is -0.356 e. The van der Waals surface area contributed by atoms with Gasteiger partial charge in [0.15, 0.2) is 0 Å². The van der Waals surface area contributed by atoms with Gasteiger partial charge in [0.1, 0.15) is 0 Å². The van der Waals surface area contributed by atoms with Gasteiger partial charge >= 0.3 is 0 Å². The molecular formula is C20H20N2O. The maximum Gasteiger partial charge on any atom is 0.254 e. The Balaban J connectivity index is 1.76. The SMILES string of the molecule is CCC1c2[nH]c3ccccc3c2CCN1C(=O)c1ccccc1. The molecule has 1 aromatic heterocycles. The second kappa shape index (κ2) is 5.58. The van der Waals surface area contributed by atoms with Crippen molar-refractivity contribution in [2.75, 3.05) is 6.54 Å². The first kappa shape index (κ1) is 14.1. The maximum absolute atomic E-state index is 12.9. The highest BCUT2D eigenvalue weighted by Crippen LogP contribution is 2.36. The second-order valence-electron chi connectivity index (χ2n) is 6.10. The van der Waals surface area contributed by atoms with Gasteiger partial charge < -0.3 is 9.88 Å². The Bertz CT molecular complexity index is 850. The molecule has 0 radical (unpaired) electrons. The lowest BCUT2D eigenvalue weighted by atomic mass is 9.95. The number of carbonyl (C=O) groups is 1. The molecule has 23 heavy (non-hydrogen) atoms. The van der Waals surface area contributed by atoms with Gasteiger partial charge in [0.25, 0.3) is 5.91 Å². The van der Waals surface area contributed by atoms with Crippen LogP contribution in [0.4, 0.5) is 0 Å². The fraction of sp³-hybridized carbons (Fsp3) is 0.250. The summed E-state index contributed by atoms with van der Waals surface area (Å²) in [5, 5.41) is 1.30. The van der Waals surface area contributed by atoms with Gasteiger partial charge in [-0.3, -0.25) is 4.79 Å². The van der Waals surface area contributed by atoms with Crippen LogP contribution in [0.2, 0.25) is 0 Å². The summed E-state index contributed by atoms with van der Waals surface area (Å²) >= 11 is 0. The molecule has 0 aliphatic carbocycles. The topological polar surface area (TPSA) is 36.1 Å². The first-order valence-corrected chi connectivity index (χ1v) is 8.25. The maximum atomic E-state index is 12.9. The van der Waals surface area contributed by atoms with Crippen molar-refractivity contribution >= 4 is 16.8 Å². The third-order valence-corrected chi connectivity index (χ3v) is 4.83. The molecule has 3 nitrogen and oxygen atoms in total. The molecule has 4 rings (SSSR count). The van der Waals surface area contributed by atoms with Crippen molar-refractivity contribution in [3.8, 4) is 0 Å². The van der Waals surface area contributed by atoms with Crippen LogP contribution < -0.4 is 0 Å². The van der Waals surface area contributed by atoms with Crippen molar-refractivity contribution < 1.29 is 4.79 Å².